The lowest BCUT2D eigenvalue weighted by Gasteiger charge is -2.51. The van der Waals surface area contributed by atoms with Crippen LogP contribution in [0.25, 0.3) is 55.5 Å². The van der Waals surface area contributed by atoms with Crippen LogP contribution in [0, 0.1) is 13.8 Å². The van der Waals surface area contributed by atoms with E-state index in [0.717, 1.165) is 28.2 Å². The van der Waals surface area contributed by atoms with Gasteiger partial charge in [-0.05, 0) is 132 Å². The third-order valence-corrected chi connectivity index (χ3v) is 20.4. The van der Waals surface area contributed by atoms with E-state index in [1.54, 1.807) is 0 Å². The molecule has 0 atom stereocenters. The molecule has 3 nitrogen and oxygen atoms in total. The molecule has 0 N–H and O–H groups in total. The maximum atomic E-state index is 7.40. The molecule has 4 aliphatic rings. The number of furan rings is 1. The van der Waals surface area contributed by atoms with E-state index in [9.17, 15) is 0 Å². The highest BCUT2D eigenvalue weighted by atomic mass is 28.3. The van der Waals surface area contributed by atoms with E-state index >= 15 is 0 Å². The predicted octanol–water partition coefficient (Wildman–Crippen LogP) is 12.1. The van der Waals surface area contributed by atoms with Gasteiger partial charge in [0.05, 0.1) is 5.69 Å². The van der Waals surface area contributed by atoms with Crippen LogP contribution < -0.4 is 41.4 Å². The van der Waals surface area contributed by atoms with E-state index in [1.165, 1.54) is 104 Å². The van der Waals surface area contributed by atoms with Gasteiger partial charge in [-0.3, -0.25) is 4.90 Å². The molecule has 0 saturated carbocycles. The summed E-state index contributed by atoms with van der Waals surface area (Å²) in [4.78, 5) is 5.23. The summed E-state index contributed by atoms with van der Waals surface area (Å²) < 4.78 is 7.40. The van der Waals surface area contributed by atoms with Crippen molar-refractivity contribution in [3.8, 4) is 44.5 Å². The molecule has 0 fully saturated rings. The van der Waals surface area contributed by atoms with Gasteiger partial charge in [0.25, 0.3) is 0 Å². The van der Waals surface area contributed by atoms with Gasteiger partial charge in [0.1, 0.15) is 5.58 Å². The predicted molar refractivity (Wildman–Crippen MR) is 285 cm³/mol. The van der Waals surface area contributed by atoms with Crippen LogP contribution in [-0.4, -0.2) is 14.9 Å². The molecule has 5 heterocycles. The topological polar surface area (TPSA) is 19.6 Å². The lowest BCUT2D eigenvalue weighted by atomic mass is 9.43. The largest absolute Gasteiger partial charge is 0.440 e. The fourth-order valence-corrected chi connectivity index (χ4v) is 18.3. The SMILES string of the molecule is Cc1cccc(C)c1-c1cc2c3c(c1)N(c1ccc(C(C)(C)C)cc1-c1ccccc1)c1oc4ccccc4c1B3N1c3ccccc3[Si]3(c4ccccc4-c4ccccc43)c3cccc-2c31. The molecule has 0 unspecified atom stereocenters. The molecule has 67 heavy (non-hydrogen) atoms. The molecule has 4 aliphatic heterocycles. The van der Waals surface area contributed by atoms with Crippen molar-refractivity contribution in [3.05, 3.63) is 211 Å². The molecule has 0 saturated heterocycles. The third-order valence-electron chi connectivity index (χ3n) is 15.5. The summed E-state index contributed by atoms with van der Waals surface area (Å²) in [7, 11) is -2.85. The summed E-state index contributed by atoms with van der Waals surface area (Å²) >= 11 is 0. The lowest BCUT2D eigenvalue weighted by Crippen LogP contribution is -2.78. The Labute approximate surface area is 393 Å². The molecule has 14 rings (SSSR count). The monoisotopic (exact) mass is 874 g/mol. The van der Waals surface area contributed by atoms with Gasteiger partial charge in [-0.2, -0.15) is 0 Å². The number of anilines is 5. The third kappa shape index (κ3) is 5.07. The molecule has 0 amide bonds. The zero-order chi connectivity index (χ0) is 44.9. The van der Waals surface area contributed by atoms with Crippen LogP contribution in [0.5, 0.6) is 0 Å². The first-order valence-electron chi connectivity index (χ1n) is 23.7. The molecule has 5 heteroatoms. The van der Waals surface area contributed by atoms with Crippen molar-refractivity contribution in [1.29, 1.82) is 0 Å². The second kappa shape index (κ2) is 13.7. The summed E-state index contributed by atoms with van der Waals surface area (Å²) in [5.74, 6) is 0.872. The fraction of sp³-hybridized carbons (Fsp3) is 0.0968. The first-order chi connectivity index (χ1) is 32.7. The van der Waals surface area contributed by atoms with Crippen molar-refractivity contribution in [2.24, 2.45) is 0 Å². The molecule has 0 aliphatic carbocycles. The number of rotatable bonds is 3. The second-order valence-corrected chi connectivity index (χ2v) is 23.7. The van der Waals surface area contributed by atoms with Crippen molar-refractivity contribution in [1.82, 2.24) is 0 Å². The first-order valence-corrected chi connectivity index (χ1v) is 25.7. The van der Waals surface area contributed by atoms with Gasteiger partial charge in [-0.15, -0.1) is 0 Å². The highest BCUT2D eigenvalue weighted by molar-refractivity contribution is 7.24. The lowest BCUT2D eigenvalue weighted by molar-refractivity contribution is 0.590. The number of nitrogens with zero attached hydrogens (tertiary/aromatic N) is 2. The molecule has 10 aromatic rings. The van der Waals surface area contributed by atoms with Crippen LogP contribution in [0.2, 0.25) is 0 Å². The van der Waals surface area contributed by atoms with E-state index in [4.69, 9.17) is 4.42 Å². The van der Waals surface area contributed by atoms with Crippen LogP contribution in [0.4, 0.5) is 28.6 Å². The van der Waals surface area contributed by atoms with Crippen LogP contribution in [0.1, 0.15) is 37.5 Å². The molecule has 1 aromatic heterocycles. The standard InChI is InChI=1S/C62H47BN2OSi/c1-38-19-17-20-39(2)57(38)41-35-48-45-26-18-32-56-60(45)65(50-27-12-16-31-55(50)67(56)53-29-14-10-23-43(53)44-24-11-15-30-54(44)67)63-58(48)51(36-41)64(61-59(63)46-25-9-13-28-52(46)66-61)49-34-33-42(62(3,4)5)37-47(49)40-21-7-6-8-22-40/h6-37H,1-5H3. The van der Waals surface area contributed by atoms with E-state index in [1.807, 2.05) is 0 Å². The maximum absolute atomic E-state index is 7.40. The number of hydrogen-bond donors (Lipinski definition) is 0. The Morgan fingerprint density at radius 1 is 0.463 bits per heavy atom. The smallest absolute Gasteiger partial charge is 0.337 e. The van der Waals surface area contributed by atoms with E-state index in [-0.39, 0.29) is 12.3 Å². The average Bonchev–Trinajstić information content (AvgIpc) is 3.88. The van der Waals surface area contributed by atoms with Crippen molar-refractivity contribution >= 4 is 86.2 Å². The molecular formula is C62H47BN2OSi. The zero-order valence-electron chi connectivity index (χ0n) is 38.4. The normalized spacial score (nSPS) is 14.4. The minimum atomic E-state index is -2.85. The fourth-order valence-electron chi connectivity index (χ4n) is 12.7. The molecule has 0 bridgehead atoms. The van der Waals surface area contributed by atoms with Crippen molar-refractivity contribution in [3.63, 3.8) is 0 Å². The number of benzene rings is 9. The van der Waals surface area contributed by atoms with Gasteiger partial charge in [-0.1, -0.05) is 178 Å². The Hall–Kier alpha value is -7.60. The number of para-hydroxylation sites is 3. The number of fused-ring (bicyclic) bond motifs is 15. The van der Waals surface area contributed by atoms with Gasteiger partial charge < -0.3 is 9.23 Å². The van der Waals surface area contributed by atoms with Crippen LogP contribution >= 0.6 is 0 Å². The van der Waals surface area contributed by atoms with Gasteiger partial charge in [-0.25, -0.2) is 0 Å². The summed E-state index contributed by atoms with van der Waals surface area (Å²) in [6, 6.07) is 73.7. The van der Waals surface area contributed by atoms with Crippen LogP contribution in [-0.2, 0) is 5.41 Å². The van der Waals surface area contributed by atoms with Crippen LogP contribution in [0.3, 0.4) is 0 Å². The molecule has 0 radical (unpaired) electrons. The summed E-state index contributed by atoms with van der Waals surface area (Å²) in [6.45, 7) is 11.3. The Bertz CT molecular complexity index is 3680. The Kier molecular flexibility index (Phi) is 7.92. The van der Waals surface area contributed by atoms with Gasteiger partial charge in [0.15, 0.2) is 8.07 Å². The van der Waals surface area contributed by atoms with Crippen molar-refractivity contribution in [2.45, 2.75) is 40.0 Å². The highest BCUT2D eigenvalue weighted by Gasteiger charge is 2.58. The molecule has 318 valence electrons. The zero-order valence-corrected chi connectivity index (χ0v) is 39.4. The first kappa shape index (κ1) is 38.7. The minimum Gasteiger partial charge on any atom is -0.440 e. The molecule has 1 spiro atoms. The Balaban J connectivity index is 1.16. The molecule has 9 aromatic carbocycles. The average molecular weight is 875 g/mol. The minimum absolute atomic E-state index is 0.0505. The Morgan fingerprint density at radius 3 is 1.84 bits per heavy atom. The van der Waals surface area contributed by atoms with E-state index in [2.05, 4.69) is 238 Å². The second-order valence-electron chi connectivity index (χ2n) is 20.1. The van der Waals surface area contributed by atoms with Crippen molar-refractivity contribution < 1.29 is 4.42 Å². The maximum Gasteiger partial charge on any atom is 0.337 e. The molecular weight excluding hydrogens is 828 g/mol. The van der Waals surface area contributed by atoms with Gasteiger partial charge >= 0.3 is 6.85 Å². The quantitative estimate of drug-likeness (QED) is 0.165. The van der Waals surface area contributed by atoms with Gasteiger partial charge in [0.2, 0.25) is 5.88 Å². The summed E-state index contributed by atoms with van der Waals surface area (Å²) in [5.41, 5.74) is 22.2. The van der Waals surface area contributed by atoms with Crippen molar-refractivity contribution in [2.75, 3.05) is 9.71 Å². The van der Waals surface area contributed by atoms with E-state index in [0.29, 0.717) is 0 Å². The summed E-state index contributed by atoms with van der Waals surface area (Å²) in [5, 5.41) is 6.98. The highest BCUT2D eigenvalue weighted by Crippen LogP contribution is 2.52. The van der Waals surface area contributed by atoms with Gasteiger partial charge in [0, 0.05) is 39.0 Å². The number of hydrogen-bond acceptors (Lipinski definition) is 3. The number of aryl methyl sites for hydroxylation is 2. The summed E-state index contributed by atoms with van der Waals surface area (Å²) in [6.07, 6.45) is 0. The Morgan fingerprint density at radius 2 is 1.09 bits per heavy atom. The van der Waals surface area contributed by atoms with Crippen LogP contribution in [0.15, 0.2) is 199 Å². The van der Waals surface area contributed by atoms with E-state index < -0.39 is 8.07 Å².